The molecule has 0 bridgehead atoms. The van der Waals surface area contributed by atoms with Gasteiger partial charge in [-0.2, -0.15) is 16.1 Å². The Morgan fingerprint density at radius 1 is 1.26 bits per heavy atom. The number of rotatable bonds is 8. The highest BCUT2D eigenvalue weighted by Crippen LogP contribution is 2.53. The van der Waals surface area contributed by atoms with E-state index in [2.05, 4.69) is 35.6 Å². The minimum absolute atomic E-state index is 0.0308. The molecule has 5 N–H and O–H groups in total. The number of thiophene rings is 1. The van der Waals surface area contributed by atoms with Crippen LogP contribution in [-0.2, 0) is 15.6 Å². The van der Waals surface area contributed by atoms with Crippen LogP contribution in [0.1, 0.15) is 39.7 Å². The van der Waals surface area contributed by atoms with Gasteiger partial charge in [-0.25, -0.2) is 0 Å². The van der Waals surface area contributed by atoms with Crippen molar-refractivity contribution in [3.8, 4) is 16.9 Å². The van der Waals surface area contributed by atoms with Crippen molar-refractivity contribution in [3.05, 3.63) is 57.1 Å². The number of aryl methyl sites for hydroxylation is 1. The zero-order valence-electron chi connectivity index (χ0n) is 21.9. The van der Waals surface area contributed by atoms with Gasteiger partial charge in [0.1, 0.15) is 11.3 Å². The lowest BCUT2D eigenvalue weighted by Gasteiger charge is -2.30. The molecule has 0 saturated heterocycles. The molecule has 3 heterocycles. The predicted molar refractivity (Wildman–Crippen MR) is 158 cm³/mol. The SMILES string of the molecule is CCOP1(=O)N=C(c2c(O)c(-c3ccsc3)cn(CCC(C)(C)C)c2=O)Nc2ccc(NS(C)(O)O)cc21. The molecule has 1 aliphatic rings. The van der Waals surface area contributed by atoms with Crippen LogP contribution in [0.4, 0.5) is 11.4 Å². The molecule has 1 unspecified atom stereocenters. The van der Waals surface area contributed by atoms with Gasteiger partial charge >= 0.3 is 7.52 Å². The Morgan fingerprint density at radius 3 is 2.61 bits per heavy atom. The van der Waals surface area contributed by atoms with Gasteiger partial charge in [-0.15, -0.1) is 10.8 Å². The molecule has 10 nitrogen and oxygen atoms in total. The van der Waals surface area contributed by atoms with E-state index in [1.165, 1.54) is 23.7 Å². The van der Waals surface area contributed by atoms with Crippen LogP contribution >= 0.6 is 29.6 Å². The van der Waals surface area contributed by atoms with Crippen molar-refractivity contribution < 1.29 is 23.3 Å². The minimum Gasteiger partial charge on any atom is -0.506 e. The van der Waals surface area contributed by atoms with Crippen molar-refractivity contribution in [2.24, 2.45) is 10.2 Å². The summed E-state index contributed by atoms with van der Waals surface area (Å²) in [6.45, 7) is 8.42. The van der Waals surface area contributed by atoms with Gasteiger partial charge in [0.05, 0.1) is 23.3 Å². The van der Waals surface area contributed by atoms with E-state index in [0.29, 0.717) is 29.9 Å². The molecule has 0 radical (unpaired) electrons. The summed E-state index contributed by atoms with van der Waals surface area (Å²) in [6, 6.07) is 6.48. The molecule has 0 amide bonds. The highest BCUT2D eigenvalue weighted by atomic mass is 32.3. The third kappa shape index (κ3) is 6.17. The van der Waals surface area contributed by atoms with Crippen molar-refractivity contribution in [2.75, 3.05) is 22.9 Å². The molecule has 13 heteroatoms. The first-order chi connectivity index (χ1) is 17.7. The lowest BCUT2D eigenvalue weighted by molar-refractivity contribution is 0.341. The van der Waals surface area contributed by atoms with Crippen molar-refractivity contribution in [1.29, 1.82) is 0 Å². The molecule has 0 aliphatic carbocycles. The van der Waals surface area contributed by atoms with Gasteiger partial charge in [-0.3, -0.25) is 23.2 Å². The number of nitrogens with zero attached hydrogens (tertiary/aromatic N) is 2. The monoisotopic (exact) mass is 580 g/mol. The fourth-order valence-electron chi connectivity index (χ4n) is 4.00. The second kappa shape index (κ2) is 10.5. The molecule has 1 aliphatic heterocycles. The van der Waals surface area contributed by atoms with E-state index < -0.39 is 23.9 Å². The third-order valence-corrected chi connectivity index (χ3v) is 9.18. The Hall–Kier alpha value is -2.60. The molecule has 2 aromatic heterocycles. The lowest BCUT2D eigenvalue weighted by Crippen LogP contribution is -2.34. The maximum atomic E-state index is 14.1. The number of pyridine rings is 1. The third-order valence-electron chi connectivity index (χ3n) is 5.83. The standard InChI is InChI=1S/C25H33N4O6PS2/c1-6-35-36(32)20-13-17(28-38(5,33)34)7-8-19(20)26-23(27-36)21-22(30)18(16-9-12-37-15-16)14-29(24(21)31)11-10-25(2,3)4/h7-9,12-15,28,30,33-34H,6,10-11H2,1-5H3,(H,26,27,32). The minimum atomic E-state index is -3.92. The van der Waals surface area contributed by atoms with Crippen LogP contribution in [0.3, 0.4) is 0 Å². The number of hydrogen-bond acceptors (Lipinski definition) is 9. The zero-order valence-corrected chi connectivity index (χ0v) is 24.4. The van der Waals surface area contributed by atoms with E-state index in [1.54, 1.807) is 29.8 Å². The second-order valence-corrected chi connectivity index (χ2v) is 14.9. The summed E-state index contributed by atoms with van der Waals surface area (Å²) in [5, 5.41) is 18.4. The molecule has 3 aromatic rings. The number of fused-ring (bicyclic) bond motifs is 1. The second-order valence-electron chi connectivity index (χ2n) is 10.3. The first kappa shape index (κ1) is 28.4. The molecule has 0 spiro atoms. The summed E-state index contributed by atoms with van der Waals surface area (Å²) in [5.41, 5.74) is 1.29. The predicted octanol–water partition coefficient (Wildman–Crippen LogP) is 6.15. The topological polar surface area (TPSA) is 145 Å². The Balaban J connectivity index is 1.89. The van der Waals surface area contributed by atoms with Gasteiger partial charge in [-0.1, -0.05) is 20.8 Å². The summed E-state index contributed by atoms with van der Waals surface area (Å²) in [7, 11) is -6.99. The number of nitrogens with one attached hydrogen (secondary N) is 2. The van der Waals surface area contributed by atoms with Crippen LogP contribution in [-0.4, -0.2) is 37.5 Å². The van der Waals surface area contributed by atoms with E-state index in [-0.39, 0.29) is 34.5 Å². The first-order valence-electron chi connectivity index (χ1n) is 12.0. The highest BCUT2D eigenvalue weighted by molar-refractivity contribution is 8.24. The van der Waals surface area contributed by atoms with Crippen molar-refractivity contribution in [1.82, 2.24) is 4.57 Å². The summed E-state index contributed by atoms with van der Waals surface area (Å²) in [6.07, 6.45) is 3.60. The number of amidine groups is 1. The Morgan fingerprint density at radius 2 is 2.00 bits per heavy atom. The molecule has 1 atom stereocenters. The summed E-state index contributed by atoms with van der Waals surface area (Å²) in [4.78, 5) is 13.7. The van der Waals surface area contributed by atoms with Gasteiger partial charge in [-0.05, 0) is 59.3 Å². The normalized spacial score (nSPS) is 17.9. The van der Waals surface area contributed by atoms with E-state index in [4.69, 9.17) is 4.52 Å². The zero-order chi connectivity index (χ0) is 27.9. The molecule has 0 saturated carbocycles. The Bertz CT molecular complexity index is 1470. The first-order valence-corrected chi connectivity index (χ1v) is 16.4. The fraction of sp³-hybridized carbons (Fsp3) is 0.360. The molecular weight excluding hydrogens is 547 g/mol. The summed E-state index contributed by atoms with van der Waals surface area (Å²) >= 11 is 1.47. The van der Waals surface area contributed by atoms with Gasteiger partial charge in [0.15, 0.2) is 5.84 Å². The van der Waals surface area contributed by atoms with Crippen LogP contribution in [0.5, 0.6) is 5.75 Å². The van der Waals surface area contributed by atoms with E-state index >= 15 is 0 Å². The van der Waals surface area contributed by atoms with Crippen LogP contribution in [0.2, 0.25) is 0 Å². The van der Waals surface area contributed by atoms with Gasteiger partial charge in [0.25, 0.3) is 5.56 Å². The average molecular weight is 581 g/mol. The maximum absolute atomic E-state index is 14.1. The summed E-state index contributed by atoms with van der Waals surface area (Å²) < 4.78 is 47.8. The molecular formula is C25H33N4O6PS2. The van der Waals surface area contributed by atoms with Crippen LogP contribution < -0.4 is 20.9 Å². The van der Waals surface area contributed by atoms with Gasteiger partial charge in [0, 0.05) is 24.6 Å². The van der Waals surface area contributed by atoms with Crippen molar-refractivity contribution >= 4 is 52.1 Å². The molecule has 4 rings (SSSR count). The molecule has 206 valence electrons. The Kier molecular flexibility index (Phi) is 7.86. The van der Waals surface area contributed by atoms with Crippen LogP contribution in [0, 0.1) is 5.41 Å². The van der Waals surface area contributed by atoms with E-state index in [1.807, 2.05) is 16.8 Å². The van der Waals surface area contributed by atoms with Gasteiger partial charge < -0.3 is 19.5 Å². The smallest absolute Gasteiger partial charge is 0.348 e. The van der Waals surface area contributed by atoms with Gasteiger partial charge in [0.2, 0.25) is 0 Å². The maximum Gasteiger partial charge on any atom is 0.348 e. The Labute approximate surface area is 227 Å². The lowest BCUT2D eigenvalue weighted by atomic mass is 9.92. The average Bonchev–Trinajstić information content (AvgIpc) is 3.32. The van der Waals surface area contributed by atoms with Crippen molar-refractivity contribution in [2.45, 2.75) is 40.7 Å². The molecule has 0 fully saturated rings. The summed E-state index contributed by atoms with van der Waals surface area (Å²) in [5.74, 6) is -0.324. The number of hydrogen-bond donors (Lipinski definition) is 5. The fourth-order valence-corrected chi connectivity index (χ4v) is 7.04. The van der Waals surface area contributed by atoms with Crippen LogP contribution in [0.25, 0.3) is 11.1 Å². The number of benzene rings is 1. The molecule has 38 heavy (non-hydrogen) atoms. The number of aromatic nitrogens is 1. The molecule has 1 aromatic carbocycles. The largest absolute Gasteiger partial charge is 0.506 e. The highest BCUT2D eigenvalue weighted by Gasteiger charge is 2.36. The van der Waals surface area contributed by atoms with E-state index in [9.17, 15) is 23.6 Å². The van der Waals surface area contributed by atoms with Crippen molar-refractivity contribution in [3.63, 3.8) is 0 Å². The quantitative estimate of drug-likeness (QED) is 0.199. The number of aromatic hydroxyl groups is 1. The number of anilines is 2. The van der Waals surface area contributed by atoms with E-state index in [0.717, 1.165) is 5.56 Å². The van der Waals surface area contributed by atoms with Crippen LogP contribution in [0.15, 0.2) is 50.8 Å².